The van der Waals surface area contributed by atoms with Crippen LogP contribution in [-0.2, 0) is 10.0 Å². The molecule has 1 aromatic rings. The second-order valence-corrected chi connectivity index (χ2v) is 7.47. The number of hydrogen-bond acceptors (Lipinski definition) is 2. The van der Waals surface area contributed by atoms with Crippen LogP contribution < -0.4 is 9.62 Å². The summed E-state index contributed by atoms with van der Waals surface area (Å²) < 4.78 is 27.1. The second kappa shape index (κ2) is 6.70. The molecule has 20 heavy (non-hydrogen) atoms. The minimum Gasteiger partial charge on any atom is -0.335 e. The lowest BCUT2D eigenvalue weighted by Crippen LogP contribution is -3.10. The van der Waals surface area contributed by atoms with Gasteiger partial charge in [-0.2, -0.15) is 0 Å². The van der Waals surface area contributed by atoms with Crippen molar-refractivity contribution in [1.82, 2.24) is 4.72 Å². The molecule has 0 saturated carbocycles. The average Bonchev–Trinajstić information content (AvgIpc) is 2.91. The van der Waals surface area contributed by atoms with Gasteiger partial charge in [-0.3, -0.25) is 0 Å². The Morgan fingerprint density at radius 3 is 2.50 bits per heavy atom. The molecule has 1 fully saturated rings. The molecule has 1 aliphatic rings. The maximum Gasteiger partial charge on any atom is 0.240 e. The van der Waals surface area contributed by atoms with E-state index in [1.54, 1.807) is 17.0 Å². The Labute approximate surface area is 122 Å². The lowest BCUT2D eigenvalue weighted by Gasteiger charge is -2.12. The topological polar surface area (TPSA) is 50.6 Å². The highest BCUT2D eigenvalue weighted by Crippen LogP contribution is 2.14. The van der Waals surface area contributed by atoms with Crippen molar-refractivity contribution in [2.75, 3.05) is 26.2 Å². The molecule has 0 unspecified atom stereocenters. The largest absolute Gasteiger partial charge is 0.335 e. The van der Waals surface area contributed by atoms with Crippen LogP contribution in [0.25, 0.3) is 0 Å². The average molecular weight is 297 g/mol. The van der Waals surface area contributed by atoms with E-state index in [2.05, 4.69) is 4.72 Å². The maximum absolute atomic E-state index is 12.2. The molecule has 0 radical (unpaired) electrons. The fourth-order valence-electron chi connectivity index (χ4n) is 2.63. The number of sulfonamides is 1. The molecule has 5 heteroatoms. The first-order chi connectivity index (χ1) is 9.49. The molecule has 2 N–H and O–H groups in total. The third-order valence-electron chi connectivity index (χ3n) is 4.10. The Hall–Kier alpha value is -0.910. The van der Waals surface area contributed by atoms with Crippen LogP contribution in [0.3, 0.4) is 0 Å². The van der Waals surface area contributed by atoms with Crippen LogP contribution in [-0.4, -0.2) is 34.6 Å². The van der Waals surface area contributed by atoms with E-state index in [4.69, 9.17) is 0 Å². The van der Waals surface area contributed by atoms with E-state index in [0.29, 0.717) is 11.4 Å². The van der Waals surface area contributed by atoms with E-state index >= 15 is 0 Å². The number of benzene rings is 1. The van der Waals surface area contributed by atoms with Gasteiger partial charge in [-0.05, 0) is 37.1 Å². The van der Waals surface area contributed by atoms with E-state index in [1.165, 1.54) is 25.9 Å². The zero-order valence-corrected chi connectivity index (χ0v) is 13.2. The van der Waals surface area contributed by atoms with Gasteiger partial charge in [0.05, 0.1) is 24.5 Å². The summed E-state index contributed by atoms with van der Waals surface area (Å²) in [6.45, 7) is 7.99. The third-order valence-corrected chi connectivity index (χ3v) is 5.56. The summed E-state index contributed by atoms with van der Waals surface area (Å²) in [6.07, 6.45) is 3.52. The maximum atomic E-state index is 12.2. The predicted octanol–water partition coefficient (Wildman–Crippen LogP) is 0.651. The molecule has 0 amide bonds. The fourth-order valence-corrected chi connectivity index (χ4v) is 3.79. The Morgan fingerprint density at radius 2 is 1.85 bits per heavy atom. The Bertz CT molecular complexity index is 549. The summed E-state index contributed by atoms with van der Waals surface area (Å²) in [6, 6.07) is 5.28. The highest BCUT2D eigenvalue weighted by Gasteiger charge is 2.16. The van der Waals surface area contributed by atoms with Crippen LogP contribution in [0, 0.1) is 13.8 Å². The lowest BCUT2D eigenvalue weighted by atomic mass is 10.1. The first-order valence-corrected chi connectivity index (χ1v) is 8.88. The van der Waals surface area contributed by atoms with Gasteiger partial charge in [-0.25, -0.2) is 13.1 Å². The van der Waals surface area contributed by atoms with Crippen molar-refractivity contribution in [1.29, 1.82) is 0 Å². The van der Waals surface area contributed by atoms with Gasteiger partial charge in [0.15, 0.2) is 0 Å². The van der Waals surface area contributed by atoms with E-state index in [0.717, 1.165) is 24.1 Å². The Morgan fingerprint density at radius 1 is 1.15 bits per heavy atom. The molecule has 1 aromatic carbocycles. The molecule has 112 valence electrons. The lowest BCUT2D eigenvalue weighted by molar-refractivity contribution is -0.887. The SMILES string of the molecule is Cc1ccc(S(=O)(=O)NCCC[NH+]2CCCC2)cc1C. The van der Waals surface area contributed by atoms with Crippen molar-refractivity contribution in [3.8, 4) is 0 Å². The molecule has 0 atom stereocenters. The Kier molecular flexibility index (Phi) is 5.18. The highest BCUT2D eigenvalue weighted by atomic mass is 32.2. The van der Waals surface area contributed by atoms with Crippen molar-refractivity contribution in [3.63, 3.8) is 0 Å². The van der Waals surface area contributed by atoms with Crippen LogP contribution in [0.15, 0.2) is 23.1 Å². The van der Waals surface area contributed by atoms with Gasteiger partial charge in [0.1, 0.15) is 0 Å². The van der Waals surface area contributed by atoms with Crippen molar-refractivity contribution in [2.45, 2.75) is 38.0 Å². The van der Waals surface area contributed by atoms with Gasteiger partial charge >= 0.3 is 0 Å². The van der Waals surface area contributed by atoms with Crippen molar-refractivity contribution < 1.29 is 13.3 Å². The molecule has 0 bridgehead atoms. The van der Waals surface area contributed by atoms with Crippen LogP contribution in [0.4, 0.5) is 0 Å². The summed E-state index contributed by atoms with van der Waals surface area (Å²) in [4.78, 5) is 1.98. The molecule has 0 aromatic heterocycles. The normalized spacial score (nSPS) is 16.7. The van der Waals surface area contributed by atoms with Crippen molar-refractivity contribution in [2.24, 2.45) is 0 Å². The number of quaternary nitrogens is 1. The Balaban J connectivity index is 1.85. The molecule has 1 saturated heterocycles. The molecule has 0 spiro atoms. The molecule has 4 nitrogen and oxygen atoms in total. The molecule has 0 aliphatic carbocycles. The monoisotopic (exact) mass is 297 g/mol. The molecular weight excluding hydrogens is 272 g/mol. The standard InChI is InChI=1S/C15H24N2O2S/c1-13-6-7-15(12-14(13)2)20(18,19)16-8-5-11-17-9-3-4-10-17/h6-7,12,16H,3-5,8-11H2,1-2H3/p+1. The summed E-state index contributed by atoms with van der Waals surface area (Å²) in [5.41, 5.74) is 2.12. The van der Waals surface area contributed by atoms with Gasteiger partial charge in [0.2, 0.25) is 10.0 Å². The van der Waals surface area contributed by atoms with Crippen LogP contribution in [0.2, 0.25) is 0 Å². The van der Waals surface area contributed by atoms with Crippen LogP contribution in [0.1, 0.15) is 30.4 Å². The third kappa shape index (κ3) is 4.04. The molecule has 1 heterocycles. The zero-order valence-electron chi connectivity index (χ0n) is 12.4. The smallest absolute Gasteiger partial charge is 0.240 e. The minimum atomic E-state index is -3.35. The summed E-state index contributed by atoms with van der Waals surface area (Å²) in [5.74, 6) is 0. The summed E-state index contributed by atoms with van der Waals surface area (Å²) >= 11 is 0. The minimum absolute atomic E-state index is 0.370. The second-order valence-electron chi connectivity index (χ2n) is 5.70. The van der Waals surface area contributed by atoms with Crippen LogP contribution in [0.5, 0.6) is 0 Å². The van der Waals surface area contributed by atoms with E-state index in [1.807, 2.05) is 19.9 Å². The number of rotatable bonds is 6. The van der Waals surface area contributed by atoms with Gasteiger partial charge < -0.3 is 4.90 Å². The van der Waals surface area contributed by atoms with Crippen molar-refractivity contribution >= 4 is 10.0 Å². The van der Waals surface area contributed by atoms with Crippen molar-refractivity contribution in [3.05, 3.63) is 29.3 Å². The fraction of sp³-hybridized carbons (Fsp3) is 0.600. The molecule has 2 rings (SSSR count). The summed E-state index contributed by atoms with van der Waals surface area (Å²) in [5, 5.41) is 0. The summed E-state index contributed by atoms with van der Waals surface area (Å²) in [7, 11) is -3.35. The zero-order chi connectivity index (χ0) is 14.6. The van der Waals surface area contributed by atoms with E-state index in [9.17, 15) is 8.42 Å². The van der Waals surface area contributed by atoms with Crippen LogP contribution >= 0.6 is 0 Å². The van der Waals surface area contributed by atoms with Gasteiger partial charge in [0.25, 0.3) is 0 Å². The number of aryl methyl sites for hydroxylation is 2. The highest BCUT2D eigenvalue weighted by molar-refractivity contribution is 7.89. The van der Waals surface area contributed by atoms with Gasteiger partial charge in [-0.15, -0.1) is 0 Å². The number of likely N-dealkylation sites (tertiary alicyclic amines) is 1. The van der Waals surface area contributed by atoms with Gasteiger partial charge in [0, 0.05) is 25.8 Å². The number of nitrogens with one attached hydrogen (secondary N) is 2. The quantitative estimate of drug-likeness (QED) is 0.758. The molecule has 1 aliphatic heterocycles. The predicted molar refractivity (Wildman–Crippen MR) is 80.5 cm³/mol. The molecular formula is C15H25N2O2S+. The first kappa shape index (κ1) is 15.5. The van der Waals surface area contributed by atoms with Gasteiger partial charge in [-0.1, -0.05) is 6.07 Å². The number of hydrogen-bond donors (Lipinski definition) is 2. The van der Waals surface area contributed by atoms with E-state index in [-0.39, 0.29) is 0 Å². The first-order valence-electron chi connectivity index (χ1n) is 7.39. The van der Waals surface area contributed by atoms with E-state index < -0.39 is 10.0 Å².